The van der Waals surface area contributed by atoms with Crippen LogP contribution < -0.4 is 5.48 Å². The maximum atomic E-state index is 10.9. The number of carboxylic acids is 1. The molecule has 0 amide bonds. The van der Waals surface area contributed by atoms with Gasteiger partial charge in [-0.05, 0) is 6.42 Å². The molecule has 0 heterocycles. The van der Waals surface area contributed by atoms with E-state index in [-0.39, 0.29) is 6.54 Å². The van der Waals surface area contributed by atoms with Gasteiger partial charge in [0.25, 0.3) is 0 Å². The third-order valence-electron chi connectivity index (χ3n) is 1.64. The first-order valence-electron chi connectivity index (χ1n) is 4.81. The molecule has 0 saturated heterocycles. The van der Waals surface area contributed by atoms with Crippen LogP contribution in [0.3, 0.4) is 0 Å². The molecule has 0 unspecified atom stereocenters. The largest absolute Gasteiger partial charge is 0.480 e. The van der Waals surface area contributed by atoms with Gasteiger partial charge < -0.3 is 9.94 Å². The van der Waals surface area contributed by atoms with Crippen LogP contribution in [0.25, 0.3) is 0 Å². The lowest BCUT2D eigenvalue weighted by Crippen LogP contribution is -2.25. The highest BCUT2D eigenvalue weighted by atomic mass is 16.7. The molecule has 0 aliphatic carbocycles. The Morgan fingerprint density at radius 2 is 2.00 bits per heavy atom. The number of carbonyl (C=O) groups is 2. The highest BCUT2D eigenvalue weighted by molar-refractivity contribution is 5.71. The molecular formula is C9H17NO4. The predicted octanol–water partition coefficient (Wildman–Crippen LogP) is 1.09. The van der Waals surface area contributed by atoms with Crippen LogP contribution in [-0.4, -0.2) is 23.6 Å². The summed E-state index contributed by atoms with van der Waals surface area (Å²) < 4.78 is 0. The summed E-state index contributed by atoms with van der Waals surface area (Å²) in [6.45, 7) is 1.73. The number of unbranched alkanes of at least 4 members (excludes halogenated alkanes) is 3. The van der Waals surface area contributed by atoms with Gasteiger partial charge in [-0.25, -0.2) is 0 Å². The molecule has 5 heteroatoms. The fraction of sp³-hybridized carbons (Fsp3) is 0.778. The second-order valence-corrected chi connectivity index (χ2v) is 3.00. The van der Waals surface area contributed by atoms with E-state index in [0.29, 0.717) is 6.42 Å². The molecular weight excluding hydrogens is 186 g/mol. The highest BCUT2D eigenvalue weighted by Gasteiger charge is 2.03. The van der Waals surface area contributed by atoms with Crippen molar-refractivity contribution in [2.45, 2.75) is 39.0 Å². The summed E-state index contributed by atoms with van der Waals surface area (Å²) >= 11 is 0. The average Bonchev–Trinajstić information content (AvgIpc) is 2.12. The van der Waals surface area contributed by atoms with Crippen LogP contribution in [0.5, 0.6) is 0 Å². The molecule has 5 nitrogen and oxygen atoms in total. The topological polar surface area (TPSA) is 75.6 Å². The van der Waals surface area contributed by atoms with Gasteiger partial charge in [-0.3, -0.25) is 9.59 Å². The number of carbonyl (C=O) groups excluding carboxylic acids is 1. The molecule has 0 aliphatic heterocycles. The maximum absolute atomic E-state index is 10.9. The lowest BCUT2D eigenvalue weighted by atomic mass is 10.2. The quantitative estimate of drug-likeness (QED) is 0.456. The number of aliphatic carboxylic acids is 1. The Morgan fingerprint density at radius 1 is 1.29 bits per heavy atom. The van der Waals surface area contributed by atoms with Gasteiger partial charge in [-0.1, -0.05) is 26.2 Å². The van der Waals surface area contributed by atoms with Gasteiger partial charge in [0.05, 0.1) is 0 Å². The van der Waals surface area contributed by atoms with Gasteiger partial charge in [0.15, 0.2) is 0 Å². The molecule has 0 rings (SSSR count). The zero-order valence-electron chi connectivity index (χ0n) is 8.41. The van der Waals surface area contributed by atoms with Crippen molar-refractivity contribution in [1.82, 2.24) is 5.48 Å². The van der Waals surface area contributed by atoms with Crippen molar-refractivity contribution in [3.05, 3.63) is 0 Å². The summed E-state index contributed by atoms with van der Waals surface area (Å²) in [5, 5.41) is 8.22. The molecule has 0 aromatic rings. The normalized spacial score (nSPS) is 9.79. The Hall–Kier alpha value is -1.10. The smallest absolute Gasteiger partial charge is 0.324 e. The molecule has 82 valence electrons. The lowest BCUT2D eigenvalue weighted by molar-refractivity contribution is -0.153. The molecule has 0 aromatic carbocycles. The second-order valence-electron chi connectivity index (χ2n) is 3.00. The molecule has 2 N–H and O–H groups in total. The van der Waals surface area contributed by atoms with E-state index < -0.39 is 11.9 Å². The minimum Gasteiger partial charge on any atom is -0.480 e. The van der Waals surface area contributed by atoms with Crippen LogP contribution in [0.1, 0.15) is 39.0 Å². The van der Waals surface area contributed by atoms with Crippen LogP contribution in [0.4, 0.5) is 0 Å². The number of rotatable bonds is 8. The Balaban J connectivity index is 3.24. The minimum absolute atomic E-state index is 0.340. The molecule has 0 radical (unpaired) electrons. The highest BCUT2D eigenvalue weighted by Crippen LogP contribution is 2.02. The van der Waals surface area contributed by atoms with Gasteiger partial charge in [0.1, 0.15) is 6.54 Å². The summed E-state index contributed by atoms with van der Waals surface area (Å²) in [7, 11) is 0. The first kappa shape index (κ1) is 12.9. The zero-order chi connectivity index (χ0) is 10.8. The van der Waals surface area contributed by atoms with Crippen molar-refractivity contribution in [3.8, 4) is 0 Å². The van der Waals surface area contributed by atoms with E-state index in [9.17, 15) is 9.59 Å². The van der Waals surface area contributed by atoms with Crippen molar-refractivity contribution in [1.29, 1.82) is 0 Å². The Kier molecular flexibility index (Phi) is 7.83. The van der Waals surface area contributed by atoms with E-state index >= 15 is 0 Å². The van der Waals surface area contributed by atoms with E-state index in [2.05, 4.69) is 17.2 Å². The Labute approximate surface area is 83.4 Å². The van der Waals surface area contributed by atoms with Crippen molar-refractivity contribution in [3.63, 3.8) is 0 Å². The SMILES string of the molecule is CCCCCCC(=O)ONCC(=O)O. The minimum atomic E-state index is -1.05. The first-order chi connectivity index (χ1) is 6.66. The average molecular weight is 203 g/mol. The third-order valence-corrected chi connectivity index (χ3v) is 1.64. The van der Waals surface area contributed by atoms with Gasteiger partial charge in [-0.15, -0.1) is 5.48 Å². The summed E-state index contributed by atoms with van der Waals surface area (Å²) in [6.07, 6.45) is 4.36. The van der Waals surface area contributed by atoms with Crippen LogP contribution in [0, 0.1) is 0 Å². The number of hydrogen-bond donors (Lipinski definition) is 2. The number of nitrogens with one attached hydrogen (secondary N) is 1. The fourth-order valence-corrected chi connectivity index (χ4v) is 0.925. The first-order valence-corrected chi connectivity index (χ1v) is 4.81. The summed E-state index contributed by atoms with van der Waals surface area (Å²) in [5.74, 6) is -1.45. The molecule has 0 fully saturated rings. The van der Waals surface area contributed by atoms with E-state index in [4.69, 9.17) is 5.11 Å². The van der Waals surface area contributed by atoms with Crippen LogP contribution in [-0.2, 0) is 14.4 Å². The molecule has 14 heavy (non-hydrogen) atoms. The van der Waals surface area contributed by atoms with Crippen LogP contribution in [0.2, 0.25) is 0 Å². The van der Waals surface area contributed by atoms with Gasteiger partial charge >= 0.3 is 11.9 Å². The maximum Gasteiger partial charge on any atom is 0.324 e. The van der Waals surface area contributed by atoms with Crippen molar-refractivity contribution < 1.29 is 19.5 Å². The zero-order valence-corrected chi connectivity index (χ0v) is 8.41. The molecule has 0 saturated carbocycles. The summed E-state index contributed by atoms with van der Waals surface area (Å²) in [4.78, 5) is 25.4. The van der Waals surface area contributed by atoms with Gasteiger partial charge in [-0.2, -0.15) is 0 Å². The third kappa shape index (κ3) is 8.99. The standard InChI is InChI=1S/C9H17NO4/c1-2-3-4-5-6-9(13)14-10-7-8(11)12/h10H,2-7H2,1H3,(H,11,12). The Morgan fingerprint density at radius 3 is 2.57 bits per heavy atom. The molecule has 0 aromatic heterocycles. The van der Waals surface area contributed by atoms with E-state index in [1.165, 1.54) is 0 Å². The van der Waals surface area contributed by atoms with Crippen LogP contribution >= 0.6 is 0 Å². The Bertz CT molecular complexity index is 182. The van der Waals surface area contributed by atoms with Crippen molar-refractivity contribution in [2.24, 2.45) is 0 Å². The summed E-state index contributed by atoms with van der Waals surface area (Å²) in [6, 6.07) is 0. The summed E-state index contributed by atoms with van der Waals surface area (Å²) in [5.41, 5.74) is 2.08. The number of hydroxylamine groups is 1. The van der Waals surface area contributed by atoms with E-state index in [0.717, 1.165) is 25.7 Å². The van der Waals surface area contributed by atoms with Crippen molar-refractivity contribution in [2.75, 3.05) is 6.54 Å². The lowest BCUT2D eigenvalue weighted by Gasteiger charge is -2.02. The van der Waals surface area contributed by atoms with Crippen LogP contribution in [0.15, 0.2) is 0 Å². The second kappa shape index (κ2) is 8.50. The molecule has 0 bridgehead atoms. The predicted molar refractivity (Wildman–Crippen MR) is 50.5 cm³/mol. The van der Waals surface area contributed by atoms with Gasteiger partial charge in [0, 0.05) is 6.42 Å². The molecule has 0 spiro atoms. The molecule has 0 aliphatic rings. The van der Waals surface area contributed by atoms with E-state index in [1.807, 2.05) is 0 Å². The monoisotopic (exact) mass is 203 g/mol. The number of carboxylic acid groups (broad SMARTS) is 1. The molecule has 0 atom stereocenters. The fourth-order valence-electron chi connectivity index (χ4n) is 0.925. The number of hydrogen-bond acceptors (Lipinski definition) is 4. The van der Waals surface area contributed by atoms with Gasteiger partial charge in [0.2, 0.25) is 0 Å². The van der Waals surface area contributed by atoms with Crippen molar-refractivity contribution >= 4 is 11.9 Å². The van der Waals surface area contributed by atoms with E-state index in [1.54, 1.807) is 0 Å².